The second-order valence-corrected chi connectivity index (χ2v) is 4.68. The van der Waals surface area contributed by atoms with Crippen LogP contribution < -0.4 is 10.5 Å². The molecule has 0 saturated heterocycles. The zero-order valence-corrected chi connectivity index (χ0v) is 10.9. The Balaban J connectivity index is 2.79. The number of anilines is 1. The third kappa shape index (κ3) is 2.90. The molecule has 0 fully saturated rings. The SMILES string of the molecule is CCn1nc(C)c(N)c1OC(C)CC(C)C. The van der Waals surface area contributed by atoms with Crippen molar-refractivity contribution < 1.29 is 4.74 Å². The van der Waals surface area contributed by atoms with Gasteiger partial charge in [0.25, 0.3) is 0 Å². The highest BCUT2D eigenvalue weighted by Gasteiger charge is 2.16. The van der Waals surface area contributed by atoms with Crippen molar-refractivity contribution in [2.75, 3.05) is 5.73 Å². The van der Waals surface area contributed by atoms with E-state index < -0.39 is 0 Å². The Bertz CT molecular complexity index is 344. The van der Waals surface area contributed by atoms with Gasteiger partial charge in [0.15, 0.2) is 0 Å². The molecular formula is C12H23N3O. The first-order chi connectivity index (χ1) is 7.45. The van der Waals surface area contributed by atoms with E-state index in [0.29, 0.717) is 17.5 Å². The number of rotatable bonds is 5. The predicted molar refractivity (Wildman–Crippen MR) is 66.6 cm³/mol. The van der Waals surface area contributed by atoms with Crippen molar-refractivity contribution >= 4 is 5.69 Å². The minimum Gasteiger partial charge on any atom is -0.473 e. The van der Waals surface area contributed by atoms with Crippen molar-refractivity contribution in [3.63, 3.8) is 0 Å². The molecule has 0 aromatic carbocycles. The van der Waals surface area contributed by atoms with Crippen LogP contribution in [-0.4, -0.2) is 15.9 Å². The first-order valence-corrected chi connectivity index (χ1v) is 5.95. The maximum atomic E-state index is 5.95. The number of aromatic nitrogens is 2. The van der Waals surface area contributed by atoms with Crippen LogP contribution in [0.2, 0.25) is 0 Å². The lowest BCUT2D eigenvalue weighted by Gasteiger charge is -2.17. The lowest BCUT2D eigenvalue weighted by atomic mass is 10.1. The van der Waals surface area contributed by atoms with Gasteiger partial charge in [-0.05, 0) is 33.1 Å². The summed E-state index contributed by atoms with van der Waals surface area (Å²) in [5, 5.41) is 4.33. The van der Waals surface area contributed by atoms with Crippen LogP contribution in [0.3, 0.4) is 0 Å². The molecular weight excluding hydrogens is 202 g/mol. The number of aryl methyl sites for hydroxylation is 2. The molecule has 4 heteroatoms. The van der Waals surface area contributed by atoms with E-state index in [0.717, 1.165) is 18.7 Å². The van der Waals surface area contributed by atoms with Gasteiger partial charge in [0.2, 0.25) is 5.88 Å². The summed E-state index contributed by atoms with van der Waals surface area (Å²) < 4.78 is 7.70. The van der Waals surface area contributed by atoms with E-state index in [1.807, 2.05) is 18.5 Å². The Morgan fingerprint density at radius 1 is 1.38 bits per heavy atom. The Morgan fingerprint density at radius 2 is 2.00 bits per heavy atom. The first kappa shape index (κ1) is 12.9. The number of hydrogen-bond acceptors (Lipinski definition) is 3. The average molecular weight is 225 g/mol. The number of hydrogen-bond donors (Lipinski definition) is 1. The van der Waals surface area contributed by atoms with Gasteiger partial charge in [0, 0.05) is 6.54 Å². The molecule has 1 unspecified atom stereocenters. The molecule has 0 spiro atoms. The second-order valence-electron chi connectivity index (χ2n) is 4.68. The van der Waals surface area contributed by atoms with Crippen molar-refractivity contribution in [3.8, 4) is 5.88 Å². The van der Waals surface area contributed by atoms with Gasteiger partial charge in [-0.2, -0.15) is 5.10 Å². The third-order valence-electron chi connectivity index (χ3n) is 2.54. The molecule has 92 valence electrons. The number of ether oxygens (including phenoxy) is 1. The lowest BCUT2D eigenvalue weighted by molar-refractivity contribution is 0.176. The minimum absolute atomic E-state index is 0.170. The van der Waals surface area contributed by atoms with E-state index in [-0.39, 0.29) is 6.10 Å². The molecule has 1 heterocycles. The lowest BCUT2D eigenvalue weighted by Crippen LogP contribution is -2.17. The number of nitrogen functional groups attached to an aromatic ring is 1. The molecule has 0 amide bonds. The second kappa shape index (κ2) is 5.23. The maximum Gasteiger partial charge on any atom is 0.236 e. The van der Waals surface area contributed by atoms with E-state index in [1.54, 1.807) is 0 Å². The summed E-state index contributed by atoms with van der Waals surface area (Å²) in [5.74, 6) is 1.34. The van der Waals surface area contributed by atoms with Crippen molar-refractivity contribution in [1.82, 2.24) is 9.78 Å². The van der Waals surface area contributed by atoms with Gasteiger partial charge >= 0.3 is 0 Å². The highest BCUT2D eigenvalue weighted by Crippen LogP contribution is 2.26. The molecule has 0 aliphatic rings. The van der Waals surface area contributed by atoms with Crippen LogP contribution in [0.5, 0.6) is 5.88 Å². The van der Waals surface area contributed by atoms with Crippen LogP contribution in [0.25, 0.3) is 0 Å². The van der Waals surface area contributed by atoms with Crippen molar-refractivity contribution in [1.29, 1.82) is 0 Å². The van der Waals surface area contributed by atoms with Crippen LogP contribution in [0.15, 0.2) is 0 Å². The Hall–Kier alpha value is -1.19. The van der Waals surface area contributed by atoms with Crippen LogP contribution in [0, 0.1) is 12.8 Å². The quantitative estimate of drug-likeness (QED) is 0.838. The number of nitrogens with two attached hydrogens (primary N) is 1. The molecule has 0 bridgehead atoms. The van der Waals surface area contributed by atoms with Gasteiger partial charge in [0.1, 0.15) is 5.69 Å². The normalized spacial score (nSPS) is 13.1. The topological polar surface area (TPSA) is 53.1 Å². The van der Waals surface area contributed by atoms with Gasteiger partial charge in [-0.25, -0.2) is 4.68 Å². The fraction of sp³-hybridized carbons (Fsp3) is 0.750. The summed E-state index contributed by atoms with van der Waals surface area (Å²) in [7, 11) is 0. The fourth-order valence-corrected chi connectivity index (χ4v) is 1.82. The minimum atomic E-state index is 0.170. The molecule has 1 atom stereocenters. The van der Waals surface area contributed by atoms with Crippen molar-refractivity contribution in [3.05, 3.63) is 5.69 Å². The zero-order valence-electron chi connectivity index (χ0n) is 10.9. The summed E-state index contributed by atoms with van der Waals surface area (Å²) >= 11 is 0. The van der Waals surface area contributed by atoms with Crippen LogP contribution in [-0.2, 0) is 6.54 Å². The van der Waals surface area contributed by atoms with Crippen molar-refractivity contribution in [2.24, 2.45) is 5.92 Å². The molecule has 0 radical (unpaired) electrons. The molecule has 0 aliphatic carbocycles. The largest absolute Gasteiger partial charge is 0.473 e. The molecule has 1 rings (SSSR count). The average Bonchev–Trinajstić information content (AvgIpc) is 2.44. The first-order valence-electron chi connectivity index (χ1n) is 5.95. The highest BCUT2D eigenvalue weighted by atomic mass is 16.5. The fourth-order valence-electron chi connectivity index (χ4n) is 1.82. The summed E-state index contributed by atoms with van der Waals surface area (Å²) in [5.41, 5.74) is 7.46. The smallest absolute Gasteiger partial charge is 0.236 e. The highest BCUT2D eigenvalue weighted by molar-refractivity contribution is 5.52. The Kier molecular flexibility index (Phi) is 4.21. The van der Waals surface area contributed by atoms with Crippen molar-refractivity contribution in [2.45, 2.75) is 53.7 Å². The maximum absolute atomic E-state index is 5.95. The van der Waals surface area contributed by atoms with Crippen LogP contribution in [0.4, 0.5) is 5.69 Å². The molecule has 1 aromatic rings. The van der Waals surface area contributed by atoms with E-state index in [1.165, 1.54) is 0 Å². The monoisotopic (exact) mass is 225 g/mol. The molecule has 4 nitrogen and oxygen atoms in total. The molecule has 0 aliphatic heterocycles. The molecule has 16 heavy (non-hydrogen) atoms. The van der Waals surface area contributed by atoms with Gasteiger partial charge in [-0.15, -0.1) is 0 Å². The van der Waals surface area contributed by atoms with Gasteiger partial charge in [0.05, 0.1) is 11.8 Å². The summed E-state index contributed by atoms with van der Waals surface area (Å²) in [6.07, 6.45) is 1.19. The summed E-state index contributed by atoms with van der Waals surface area (Å²) in [4.78, 5) is 0. The molecule has 0 saturated carbocycles. The van der Waals surface area contributed by atoms with E-state index in [4.69, 9.17) is 10.5 Å². The zero-order chi connectivity index (χ0) is 12.3. The van der Waals surface area contributed by atoms with Gasteiger partial charge in [-0.1, -0.05) is 13.8 Å². The van der Waals surface area contributed by atoms with Gasteiger partial charge < -0.3 is 10.5 Å². The van der Waals surface area contributed by atoms with E-state index in [2.05, 4.69) is 25.9 Å². The van der Waals surface area contributed by atoms with E-state index in [9.17, 15) is 0 Å². The molecule has 1 aromatic heterocycles. The van der Waals surface area contributed by atoms with E-state index >= 15 is 0 Å². The predicted octanol–water partition coefficient (Wildman–Crippen LogP) is 2.61. The Labute approximate surface area is 97.8 Å². The standard InChI is InChI=1S/C12H23N3O/c1-6-15-12(11(13)10(5)14-15)16-9(4)7-8(2)3/h8-9H,6-7,13H2,1-5H3. The summed E-state index contributed by atoms with van der Waals surface area (Å²) in [6.45, 7) is 11.2. The molecule has 2 N–H and O–H groups in total. The third-order valence-corrected chi connectivity index (χ3v) is 2.54. The Morgan fingerprint density at radius 3 is 2.50 bits per heavy atom. The number of nitrogens with zero attached hydrogens (tertiary/aromatic N) is 2. The van der Waals surface area contributed by atoms with Crippen LogP contribution in [0.1, 0.15) is 39.8 Å². The van der Waals surface area contributed by atoms with Crippen LogP contribution >= 0.6 is 0 Å². The van der Waals surface area contributed by atoms with Gasteiger partial charge in [-0.3, -0.25) is 0 Å². The summed E-state index contributed by atoms with van der Waals surface area (Å²) in [6, 6.07) is 0.